The average molecular weight is 299 g/mol. The van der Waals surface area contributed by atoms with Crippen LogP contribution in [0, 0.1) is 0 Å². The molecule has 118 valence electrons. The van der Waals surface area contributed by atoms with E-state index in [9.17, 15) is 4.79 Å². The van der Waals surface area contributed by atoms with E-state index < -0.39 is 0 Å². The van der Waals surface area contributed by atoms with Gasteiger partial charge in [-0.3, -0.25) is 9.78 Å². The summed E-state index contributed by atoms with van der Waals surface area (Å²) in [5.74, 6) is 0.463. The highest BCUT2D eigenvalue weighted by Gasteiger charge is 2.05. The normalized spacial score (nSPS) is 10.8. The van der Waals surface area contributed by atoms with Crippen LogP contribution < -0.4 is 4.74 Å². The highest BCUT2D eigenvalue weighted by molar-refractivity contribution is 5.83. The van der Waals surface area contributed by atoms with E-state index >= 15 is 0 Å². The summed E-state index contributed by atoms with van der Waals surface area (Å²) in [6, 6.07) is 7.60. The van der Waals surface area contributed by atoms with E-state index in [1.54, 1.807) is 12.4 Å². The Morgan fingerprint density at radius 3 is 2.59 bits per heavy atom. The zero-order chi connectivity index (χ0) is 15.6. The molecule has 1 aromatic carbocycles. The van der Waals surface area contributed by atoms with E-state index in [-0.39, 0.29) is 5.97 Å². The largest absolute Gasteiger partial charge is 0.427 e. The molecular formula is C19H25NO2. The lowest BCUT2D eigenvalue weighted by Crippen LogP contribution is -2.07. The van der Waals surface area contributed by atoms with Crippen molar-refractivity contribution >= 4 is 16.7 Å². The van der Waals surface area contributed by atoms with Gasteiger partial charge in [0, 0.05) is 24.2 Å². The summed E-state index contributed by atoms with van der Waals surface area (Å²) in [7, 11) is 0. The fourth-order valence-electron chi connectivity index (χ4n) is 2.54. The van der Waals surface area contributed by atoms with Crippen LogP contribution in [0.1, 0.15) is 58.3 Å². The number of carbonyl (C=O) groups excluding carboxylic acids is 1. The molecule has 0 spiro atoms. The molecule has 0 saturated carbocycles. The molecule has 1 aromatic heterocycles. The smallest absolute Gasteiger partial charge is 0.311 e. The number of nitrogens with zero attached hydrogens (tertiary/aromatic N) is 1. The SMILES string of the molecule is CCCCCCCCCC(=O)Oc1ccc2ccncc2c1. The molecule has 0 aliphatic carbocycles. The highest BCUT2D eigenvalue weighted by Crippen LogP contribution is 2.20. The maximum atomic E-state index is 11.8. The minimum absolute atomic E-state index is 0.142. The second kappa shape index (κ2) is 9.19. The topological polar surface area (TPSA) is 39.2 Å². The maximum absolute atomic E-state index is 11.8. The van der Waals surface area contributed by atoms with Crippen molar-refractivity contribution in [2.45, 2.75) is 58.3 Å². The van der Waals surface area contributed by atoms with Crippen LogP contribution in [-0.2, 0) is 4.79 Å². The molecule has 3 nitrogen and oxygen atoms in total. The molecule has 2 rings (SSSR count). The van der Waals surface area contributed by atoms with Gasteiger partial charge in [-0.1, -0.05) is 51.5 Å². The molecule has 0 radical (unpaired) electrons. The first-order valence-electron chi connectivity index (χ1n) is 8.34. The number of benzene rings is 1. The zero-order valence-corrected chi connectivity index (χ0v) is 13.4. The summed E-state index contributed by atoms with van der Waals surface area (Å²) >= 11 is 0. The number of rotatable bonds is 9. The van der Waals surface area contributed by atoms with E-state index in [0.717, 1.165) is 23.6 Å². The van der Waals surface area contributed by atoms with Crippen LogP contribution in [0.4, 0.5) is 0 Å². The third-order valence-corrected chi connectivity index (χ3v) is 3.83. The standard InChI is InChI=1S/C19H25NO2/c1-2-3-4-5-6-7-8-9-19(21)22-18-11-10-16-12-13-20-15-17(16)14-18/h10-15H,2-9H2,1H3. The first-order chi connectivity index (χ1) is 10.8. The van der Waals surface area contributed by atoms with Gasteiger partial charge in [-0.25, -0.2) is 0 Å². The van der Waals surface area contributed by atoms with E-state index in [2.05, 4.69) is 11.9 Å². The van der Waals surface area contributed by atoms with Gasteiger partial charge in [-0.05, 0) is 30.0 Å². The maximum Gasteiger partial charge on any atom is 0.311 e. The van der Waals surface area contributed by atoms with Gasteiger partial charge < -0.3 is 4.74 Å². The van der Waals surface area contributed by atoms with Crippen molar-refractivity contribution in [1.29, 1.82) is 0 Å². The summed E-state index contributed by atoms with van der Waals surface area (Å²) in [4.78, 5) is 15.9. The van der Waals surface area contributed by atoms with Gasteiger partial charge in [0.1, 0.15) is 5.75 Å². The van der Waals surface area contributed by atoms with Crippen molar-refractivity contribution in [3.8, 4) is 5.75 Å². The van der Waals surface area contributed by atoms with Crippen LogP contribution in [0.5, 0.6) is 5.75 Å². The Hall–Kier alpha value is -1.90. The van der Waals surface area contributed by atoms with Crippen molar-refractivity contribution in [2.24, 2.45) is 0 Å². The average Bonchev–Trinajstić information content (AvgIpc) is 2.54. The lowest BCUT2D eigenvalue weighted by atomic mass is 10.1. The zero-order valence-electron chi connectivity index (χ0n) is 13.4. The van der Waals surface area contributed by atoms with E-state index in [1.807, 2.05) is 24.3 Å². The monoisotopic (exact) mass is 299 g/mol. The second-order valence-corrected chi connectivity index (χ2v) is 5.73. The Morgan fingerprint density at radius 1 is 1.00 bits per heavy atom. The van der Waals surface area contributed by atoms with Crippen molar-refractivity contribution in [1.82, 2.24) is 4.98 Å². The summed E-state index contributed by atoms with van der Waals surface area (Å²) in [6.07, 6.45) is 12.5. The highest BCUT2D eigenvalue weighted by atomic mass is 16.5. The summed E-state index contributed by atoms with van der Waals surface area (Å²) in [5.41, 5.74) is 0. The van der Waals surface area contributed by atoms with E-state index in [1.165, 1.54) is 32.1 Å². The quantitative estimate of drug-likeness (QED) is 0.359. The van der Waals surface area contributed by atoms with Crippen LogP contribution in [-0.4, -0.2) is 11.0 Å². The van der Waals surface area contributed by atoms with Crippen molar-refractivity contribution in [3.05, 3.63) is 36.7 Å². The Balaban J connectivity index is 1.69. The van der Waals surface area contributed by atoms with Gasteiger partial charge in [0.05, 0.1) is 0 Å². The number of esters is 1. The number of hydrogen-bond donors (Lipinski definition) is 0. The number of aromatic nitrogens is 1. The Kier molecular flexibility index (Phi) is 6.88. The van der Waals surface area contributed by atoms with E-state index in [0.29, 0.717) is 12.2 Å². The number of hydrogen-bond acceptors (Lipinski definition) is 3. The molecule has 0 N–H and O–H groups in total. The third kappa shape index (κ3) is 5.47. The van der Waals surface area contributed by atoms with Gasteiger partial charge in [0.2, 0.25) is 0 Å². The van der Waals surface area contributed by atoms with Crippen molar-refractivity contribution < 1.29 is 9.53 Å². The number of carbonyl (C=O) groups is 1. The Bertz CT molecular complexity index is 595. The molecule has 0 amide bonds. The van der Waals surface area contributed by atoms with Gasteiger partial charge >= 0.3 is 5.97 Å². The molecule has 22 heavy (non-hydrogen) atoms. The number of ether oxygens (including phenoxy) is 1. The predicted molar refractivity (Wildman–Crippen MR) is 90.0 cm³/mol. The summed E-state index contributed by atoms with van der Waals surface area (Å²) in [6.45, 7) is 2.22. The minimum Gasteiger partial charge on any atom is -0.427 e. The molecular weight excluding hydrogens is 274 g/mol. The lowest BCUT2D eigenvalue weighted by Gasteiger charge is -2.05. The van der Waals surface area contributed by atoms with Crippen molar-refractivity contribution in [3.63, 3.8) is 0 Å². The van der Waals surface area contributed by atoms with E-state index in [4.69, 9.17) is 4.74 Å². The number of unbranched alkanes of at least 4 members (excludes halogenated alkanes) is 6. The Morgan fingerprint density at radius 2 is 1.77 bits per heavy atom. The van der Waals surface area contributed by atoms with Gasteiger partial charge in [-0.15, -0.1) is 0 Å². The van der Waals surface area contributed by atoms with Gasteiger partial charge in [0.15, 0.2) is 0 Å². The molecule has 0 saturated heterocycles. The van der Waals surface area contributed by atoms with Crippen LogP contribution in [0.25, 0.3) is 10.8 Å². The molecule has 0 atom stereocenters. The molecule has 1 heterocycles. The summed E-state index contributed by atoms with van der Waals surface area (Å²) in [5, 5.41) is 2.09. The fourth-order valence-corrected chi connectivity index (χ4v) is 2.54. The minimum atomic E-state index is -0.142. The van der Waals surface area contributed by atoms with Crippen molar-refractivity contribution in [2.75, 3.05) is 0 Å². The molecule has 0 fully saturated rings. The molecule has 2 aromatic rings. The second-order valence-electron chi connectivity index (χ2n) is 5.73. The number of pyridine rings is 1. The molecule has 0 aliphatic heterocycles. The van der Waals surface area contributed by atoms with Crippen LogP contribution in [0.15, 0.2) is 36.7 Å². The van der Waals surface area contributed by atoms with Crippen LogP contribution >= 0.6 is 0 Å². The molecule has 3 heteroatoms. The number of fused-ring (bicyclic) bond motifs is 1. The molecule has 0 bridgehead atoms. The predicted octanol–water partition coefficient (Wildman–Crippen LogP) is 5.28. The first-order valence-corrected chi connectivity index (χ1v) is 8.34. The lowest BCUT2D eigenvalue weighted by molar-refractivity contribution is -0.134. The summed E-state index contributed by atoms with van der Waals surface area (Å²) < 4.78 is 5.40. The van der Waals surface area contributed by atoms with Gasteiger partial charge in [0.25, 0.3) is 0 Å². The molecule has 0 aliphatic rings. The van der Waals surface area contributed by atoms with Crippen LogP contribution in [0.3, 0.4) is 0 Å². The van der Waals surface area contributed by atoms with Gasteiger partial charge in [-0.2, -0.15) is 0 Å². The Labute approximate surface area is 132 Å². The third-order valence-electron chi connectivity index (χ3n) is 3.83. The van der Waals surface area contributed by atoms with Crippen LogP contribution in [0.2, 0.25) is 0 Å². The first kappa shape index (κ1) is 16.5. The molecule has 0 unspecified atom stereocenters. The fraction of sp³-hybridized carbons (Fsp3) is 0.474.